The highest BCUT2D eigenvalue weighted by atomic mass is 35.5. The van der Waals surface area contributed by atoms with E-state index >= 15 is 0 Å². The predicted molar refractivity (Wildman–Crippen MR) is 49.0 cm³/mol. The van der Waals surface area contributed by atoms with Crippen LogP contribution < -0.4 is 0 Å². The predicted octanol–water partition coefficient (Wildman–Crippen LogP) is 3.53. The van der Waals surface area contributed by atoms with Crippen molar-refractivity contribution in [3.05, 3.63) is 34.3 Å². The zero-order valence-corrected chi connectivity index (χ0v) is 7.78. The molecule has 1 aromatic carbocycles. The maximum absolute atomic E-state index is 12.4. The van der Waals surface area contributed by atoms with Gasteiger partial charge in [0.15, 0.2) is 0 Å². The molecule has 14 heavy (non-hydrogen) atoms. The van der Waals surface area contributed by atoms with Crippen LogP contribution >= 0.6 is 11.6 Å². The Hall–Kier alpha value is -1.14. The first kappa shape index (κ1) is 10.9. The molecule has 0 N–H and O–H groups in total. The minimum atomic E-state index is -4.41. The summed E-state index contributed by atoms with van der Waals surface area (Å²) in [6.45, 7) is 0. The van der Waals surface area contributed by atoms with Gasteiger partial charge in [-0.1, -0.05) is 17.7 Å². The minimum absolute atomic E-state index is 0.0378. The molecule has 0 saturated heterocycles. The number of hydrogen-bond donors (Lipinski definition) is 0. The molecule has 0 unspecified atom stereocenters. The molecule has 1 rings (SSSR count). The average molecular weight is 219 g/mol. The average Bonchev–Trinajstić information content (AvgIpc) is 2.07. The fourth-order valence-corrected chi connectivity index (χ4v) is 1.35. The van der Waals surface area contributed by atoms with Crippen LogP contribution in [0.2, 0.25) is 5.02 Å². The highest BCUT2D eigenvalue weighted by molar-refractivity contribution is 6.31. The van der Waals surface area contributed by atoms with Crippen LogP contribution in [0.3, 0.4) is 0 Å². The molecule has 4 heteroatoms. The zero-order valence-electron chi connectivity index (χ0n) is 7.03. The first-order valence-corrected chi connectivity index (χ1v) is 4.12. The second kappa shape index (κ2) is 3.93. The van der Waals surface area contributed by atoms with Gasteiger partial charge in [0.2, 0.25) is 0 Å². The lowest BCUT2D eigenvalue weighted by Gasteiger charge is -2.11. The Bertz CT molecular complexity index is 374. The molecule has 0 spiro atoms. The number of rotatable bonds is 1. The Morgan fingerprint density at radius 3 is 2.50 bits per heavy atom. The summed E-state index contributed by atoms with van der Waals surface area (Å²) in [6.07, 6.45) is 0.443. The molecule has 0 bridgehead atoms. The first-order chi connectivity index (χ1) is 6.46. The summed E-state index contributed by atoms with van der Waals surface area (Å²) in [7, 11) is 0. The fourth-order valence-electron chi connectivity index (χ4n) is 1.11. The molecule has 0 aromatic heterocycles. The van der Waals surface area contributed by atoms with Gasteiger partial charge in [0.25, 0.3) is 0 Å². The molecule has 0 nitrogen and oxygen atoms in total. The number of benzene rings is 1. The summed E-state index contributed by atoms with van der Waals surface area (Å²) in [5.74, 6) is 2.15. The molecule has 0 fully saturated rings. The van der Waals surface area contributed by atoms with Gasteiger partial charge in [0.05, 0.1) is 5.56 Å². The summed E-state index contributed by atoms with van der Waals surface area (Å²) in [5.41, 5.74) is -0.799. The van der Waals surface area contributed by atoms with Crippen LogP contribution in [0.4, 0.5) is 13.2 Å². The standard InChI is InChI=1S/C10H6ClF3/c1-2-4-7-8(10(12,13)14)5-3-6-9(7)11/h1,3,5-6H,4H2. The van der Waals surface area contributed by atoms with E-state index in [1.807, 2.05) is 0 Å². The molecule has 74 valence electrons. The van der Waals surface area contributed by atoms with Gasteiger partial charge in [-0.2, -0.15) is 13.2 Å². The van der Waals surface area contributed by atoms with Gasteiger partial charge in [-0.05, 0) is 17.7 Å². The molecule has 1 aromatic rings. The topological polar surface area (TPSA) is 0 Å². The van der Waals surface area contributed by atoms with Crippen molar-refractivity contribution in [1.82, 2.24) is 0 Å². The smallest absolute Gasteiger partial charge is 0.166 e. The Kier molecular flexibility index (Phi) is 3.07. The number of alkyl halides is 3. The molecule has 0 atom stereocenters. The minimum Gasteiger partial charge on any atom is -0.166 e. The normalized spacial score (nSPS) is 11.1. The van der Waals surface area contributed by atoms with Gasteiger partial charge in [-0.15, -0.1) is 12.3 Å². The quantitative estimate of drug-likeness (QED) is 0.633. The van der Waals surface area contributed by atoms with Gasteiger partial charge >= 0.3 is 6.18 Å². The molecule has 0 saturated carbocycles. The van der Waals surface area contributed by atoms with Gasteiger partial charge in [0.1, 0.15) is 0 Å². The van der Waals surface area contributed by atoms with Crippen LogP contribution in [0, 0.1) is 12.3 Å². The van der Waals surface area contributed by atoms with Crippen molar-refractivity contribution in [1.29, 1.82) is 0 Å². The summed E-state index contributed by atoms with van der Waals surface area (Å²) in [5, 5.41) is 0.0535. The van der Waals surface area contributed by atoms with Crippen LogP contribution in [0.15, 0.2) is 18.2 Å². The second-order valence-corrected chi connectivity index (χ2v) is 3.05. The van der Waals surface area contributed by atoms with Crippen molar-refractivity contribution in [3.63, 3.8) is 0 Å². The molecule has 0 aliphatic heterocycles. The van der Waals surface area contributed by atoms with Gasteiger partial charge in [0, 0.05) is 11.4 Å². The van der Waals surface area contributed by atoms with E-state index in [1.165, 1.54) is 12.1 Å². The van der Waals surface area contributed by atoms with Crippen LogP contribution in [0.1, 0.15) is 11.1 Å². The number of terminal acetylenes is 1. The van der Waals surface area contributed by atoms with Crippen LogP contribution in [0.5, 0.6) is 0 Å². The highest BCUT2D eigenvalue weighted by Crippen LogP contribution is 2.34. The molecular formula is C10H6ClF3. The second-order valence-electron chi connectivity index (χ2n) is 2.64. The van der Waals surface area contributed by atoms with Gasteiger partial charge in [-0.25, -0.2) is 0 Å². The summed E-state index contributed by atoms with van der Waals surface area (Å²) in [4.78, 5) is 0. The van der Waals surface area contributed by atoms with Gasteiger partial charge < -0.3 is 0 Å². The lowest BCUT2D eigenvalue weighted by Crippen LogP contribution is -2.09. The van der Waals surface area contributed by atoms with Crippen molar-refractivity contribution in [2.45, 2.75) is 12.6 Å². The number of halogens is 4. The molecular weight excluding hydrogens is 213 g/mol. The molecule has 0 heterocycles. The third-order valence-electron chi connectivity index (χ3n) is 1.70. The molecule has 0 amide bonds. The van der Waals surface area contributed by atoms with E-state index in [0.29, 0.717) is 0 Å². The highest BCUT2D eigenvalue weighted by Gasteiger charge is 2.33. The maximum atomic E-state index is 12.4. The Morgan fingerprint density at radius 2 is 2.00 bits per heavy atom. The Balaban J connectivity index is 3.30. The number of hydrogen-bond acceptors (Lipinski definition) is 0. The van der Waals surface area contributed by atoms with Crippen LogP contribution in [0.25, 0.3) is 0 Å². The van der Waals surface area contributed by atoms with E-state index in [1.54, 1.807) is 0 Å². The lowest BCUT2D eigenvalue weighted by atomic mass is 10.0. The largest absolute Gasteiger partial charge is 0.416 e. The van der Waals surface area contributed by atoms with Crippen molar-refractivity contribution in [3.8, 4) is 12.3 Å². The summed E-state index contributed by atoms with van der Waals surface area (Å²) >= 11 is 5.62. The maximum Gasteiger partial charge on any atom is 0.416 e. The van der Waals surface area contributed by atoms with Crippen molar-refractivity contribution >= 4 is 11.6 Å². The van der Waals surface area contributed by atoms with E-state index in [-0.39, 0.29) is 17.0 Å². The zero-order chi connectivity index (χ0) is 10.8. The van der Waals surface area contributed by atoms with E-state index in [4.69, 9.17) is 18.0 Å². The van der Waals surface area contributed by atoms with E-state index in [2.05, 4.69) is 5.92 Å². The Labute approximate surface area is 84.7 Å². The van der Waals surface area contributed by atoms with Crippen LogP contribution in [-0.4, -0.2) is 0 Å². The summed E-state index contributed by atoms with van der Waals surface area (Å²) in [6, 6.07) is 3.62. The van der Waals surface area contributed by atoms with Crippen LogP contribution in [-0.2, 0) is 12.6 Å². The van der Waals surface area contributed by atoms with E-state index in [9.17, 15) is 13.2 Å². The summed E-state index contributed by atoms with van der Waals surface area (Å²) < 4.78 is 37.3. The molecule has 0 aliphatic rings. The third kappa shape index (κ3) is 2.21. The van der Waals surface area contributed by atoms with E-state index < -0.39 is 11.7 Å². The third-order valence-corrected chi connectivity index (χ3v) is 2.06. The first-order valence-electron chi connectivity index (χ1n) is 3.75. The fraction of sp³-hybridized carbons (Fsp3) is 0.200. The monoisotopic (exact) mass is 218 g/mol. The SMILES string of the molecule is C#CCc1c(Cl)cccc1C(F)(F)F. The molecule has 0 aliphatic carbocycles. The van der Waals surface area contributed by atoms with Crippen molar-refractivity contribution < 1.29 is 13.2 Å². The van der Waals surface area contributed by atoms with E-state index in [0.717, 1.165) is 6.07 Å². The molecule has 0 radical (unpaired) electrons. The van der Waals surface area contributed by atoms with Crippen molar-refractivity contribution in [2.24, 2.45) is 0 Å². The van der Waals surface area contributed by atoms with Crippen molar-refractivity contribution in [2.75, 3.05) is 0 Å². The van der Waals surface area contributed by atoms with Gasteiger partial charge in [-0.3, -0.25) is 0 Å². The Morgan fingerprint density at radius 1 is 1.36 bits per heavy atom. The lowest BCUT2D eigenvalue weighted by molar-refractivity contribution is -0.138.